The summed E-state index contributed by atoms with van der Waals surface area (Å²) in [6.45, 7) is 2.88. The summed E-state index contributed by atoms with van der Waals surface area (Å²) in [7, 11) is 0. The Morgan fingerprint density at radius 3 is 3.06 bits per heavy atom. The molecular weight excluding hydrogens is 222 g/mol. The first-order chi connectivity index (χ1) is 8.06. The number of aryl methyl sites for hydroxylation is 1. The smallest absolute Gasteiger partial charge is 0.308 e. The van der Waals surface area contributed by atoms with Gasteiger partial charge in [-0.2, -0.15) is 0 Å². The van der Waals surface area contributed by atoms with Gasteiger partial charge in [-0.25, -0.2) is 4.98 Å². The number of hydrogen-bond acceptors (Lipinski definition) is 4. The number of carbonyl (C=O) groups is 1. The van der Waals surface area contributed by atoms with E-state index in [1.54, 1.807) is 6.92 Å². The van der Waals surface area contributed by atoms with Crippen molar-refractivity contribution in [3.05, 3.63) is 22.2 Å². The maximum absolute atomic E-state index is 11.3. The Bertz CT molecular complexity index is 483. The van der Waals surface area contributed by atoms with Gasteiger partial charge in [0.05, 0.1) is 5.92 Å². The van der Waals surface area contributed by atoms with E-state index in [4.69, 9.17) is 5.11 Å². The van der Waals surface area contributed by atoms with E-state index >= 15 is 0 Å². The van der Waals surface area contributed by atoms with Gasteiger partial charge in [-0.3, -0.25) is 9.59 Å². The van der Waals surface area contributed by atoms with Crippen LogP contribution >= 0.6 is 0 Å². The molecule has 0 aromatic carbocycles. The van der Waals surface area contributed by atoms with E-state index in [1.807, 2.05) is 4.90 Å². The number of aromatic nitrogens is 2. The third-order valence-corrected chi connectivity index (χ3v) is 2.94. The van der Waals surface area contributed by atoms with Crippen LogP contribution in [0.2, 0.25) is 0 Å². The molecule has 2 rings (SSSR count). The van der Waals surface area contributed by atoms with Crippen molar-refractivity contribution >= 4 is 11.8 Å². The van der Waals surface area contributed by atoms with Crippen molar-refractivity contribution in [3.8, 4) is 0 Å². The Labute approximate surface area is 98.3 Å². The maximum Gasteiger partial charge on any atom is 0.308 e. The Hall–Kier alpha value is -1.85. The lowest BCUT2D eigenvalue weighted by atomic mass is 9.98. The fourth-order valence-corrected chi connectivity index (χ4v) is 2.11. The highest BCUT2D eigenvalue weighted by Crippen LogP contribution is 2.20. The molecule has 1 aromatic rings. The molecule has 6 heteroatoms. The minimum atomic E-state index is -0.781. The number of carboxylic acid groups (broad SMARTS) is 1. The molecule has 1 aliphatic heterocycles. The molecule has 1 fully saturated rings. The highest BCUT2D eigenvalue weighted by molar-refractivity contribution is 5.71. The average molecular weight is 237 g/mol. The summed E-state index contributed by atoms with van der Waals surface area (Å²) in [6.07, 6.45) is 1.50. The number of carboxylic acids is 1. The number of hydrogen-bond donors (Lipinski definition) is 2. The van der Waals surface area contributed by atoms with Crippen LogP contribution in [0.15, 0.2) is 10.9 Å². The molecule has 0 radical (unpaired) electrons. The summed E-state index contributed by atoms with van der Waals surface area (Å²) >= 11 is 0. The molecule has 0 aliphatic carbocycles. The molecule has 17 heavy (non-hydrogen) atoms. The third kappa shape index (κ3) is 2.64. The van der Waals surface area contributed by atoms with Crippen LogP contribution in [0.3, 0.4) is 0 Å². The van der Waals surface area contributed by atoms with Gasteiger partial charge in [-0.15, -0.1) is 0 Å². The molecule has 2 heterocycles. The standard InChI is InChI=1S/C11H15N3O3/c1-7-12-9(5-10(15)13-7)14-4-2-3-8(6-14)11(16)17/h5,8H,2-4,6H2,1H3,(H,16,17)(H,12,13,15)/t8-/m0/s1. The number of nitrogens with zero attached hydrogens (tertiary/aromatic N) is 2. The van der Waals surface area contributed by atoms with E-state index in [0.717, 1.165) is 13.0 Å². The first kappa shape index (κ1) is 11.6. The monoisotopic (exact) mass is 237 g/mol. The molecule has 1 saturated heterocycles. The number of H-pyrrole nitrogens is 1. The quantitative estimate of drug-likeness (QED) is 0.776. The van der Waals surface area contributed by atoms with Gasteiger partial charge in [0.2, 0.25) is 0 Å². The summed E-state index contributed by atoms with van der Waals surface area (Å²) in [5.41, 5.74) is -0.204. The van der Waals surface area contributed by atoms with Gasteiger partial charge in [0.25, 0.3) is 5.56 Å². The Kier molecular flexibility index (Phi) is 3.12. The zero-order chi connectivity index (χ0) is 12.4. The summed E-state index contributed by atoms with van der Waals surface area (Å²) < 4.78 is 0. The van der Waals surface area contributed by atoms with Gasteiger partial charge < -0.3 is 15.0 Å². The van der Waals surface area contributed by atoms with E-state index in [9.17, 15) is 9.59 Å². The molecule has 0 amide bonds. The number of anilines is 1. The van der Waals surface area contributed by atoms with Crippen molar-refractivity contribution < 1.29 is 9.90 Å². The molecule has 0 saturated carbocycles. The molecule has 0 spiro atoms. The topological polar surface area (TPSA) is 86.3 Å². The summed E-state index contributed by atoms with van der Waals surface area (Å²) in [6, 6.07) is 1.41. The van der Waals surface area contributed by atoms with Gasteiger partial charge >= 0.3 is 5.97 Å². The number of rotatable bonds is 2. The largest absolute Gasteiger partial charge is 0.481 e. The van der Waals surface area contributed by atoms with Crippen LogP contribution in [0.4, 0.5) is 5.82 Å². The van der Waals surface area contributed by atoms with Crippen LogP contribution in [0.1, 0.15) is 18.7 Å². The first-order valence-corrected chi connectivity index (χ1v) is 5.62. The van der Waals surface area contributed by atoms with E-state index < -0.39 is 5.97 Å². The Morgan fingerprint density at radius 2 is 2.41 bits per heavy atom. The van der Waals surface area contributed by atoms with Crippen LogP contribution in [-0.2, 0) is 4.79 Å². The number of aromatic amines is 1. The summed E-state index contributed by atoms with van der Waals surface area (Å²) in [4.78, 5) is 30.9. The maximum atomic E-state index is 11.3. The van der Waals surface area contributed by atoms with Crippen molar-refractivity contribution in [2.24, 2.45) is 5.92 Å². The van der Waals surface area contributed by atoms with Gasteiger partial charge in [0.1, 0.15) is 11.6 Å². The van der Waals surface area contributed by atoms with Crippen molar-refractivity contribution in [3.63, 3.8) is 0 Å². The van der Waals surface area contributed by atoms with Crippen molar-refractivity contribution in [2.75, 3.05) is 18.0 Å². The lowest BCUT2D eigenvalue weighted by molar-refractivity contribution is -0.141. The third-order valence-electron chi connectivity index (χ3n) is 2.94. The van der Waals surface area contributed by atoms with Crippen LogP contribution in [0, 0.1) is 12.8 Å². The van der Waals surface area contributed by atoms with Gasteiger partial charge in [0, 0.05) is 19.2 Å². The molecule has 1 atom stereocenters. The van der Waals surface area contributed by atoms with Gasteiger partial charge in [-0.1, -0.05) is 0 Å². The van der Waals surface area contributed by atoms with Crippen molar-refractivity contribution in [1.82, 2.24) is 9.97 Å². The lowest BCUT2D eigenvalue weighted by Gasteiger charge is -2.31. The molecule has 6 nitrogen and oxygen atoms in total. The second-order valence-corrected chi connectivity index (χ2v) is 4.31. The van der Waals surface area contributed by atoms with Crippen LogP contribution in [0.25, 0.3) is 0 Å². The minimum absolute atomic E-state index is 0.204. The highest BCUT2D eigenvalue weighted by Gasteiger charge is 2.26. The van der Waals surface area contributed by atoms with Gasteiger partial charge in [-0.05, 0) is 19.8 Å². The van der Waals surface area contributed by atoms with Gasteiger partial charge in [0.15, 0.2) is 0 Å². The van der Waals surface area contributed by atoms with E-state index in [2.05, 4.69) is 9.97 Å². The molecule has 1 aromatic heterocycles. The van der Waals surface area contributed by atoms with Crippen molar-refractivity contribution in [2.45, 2.75) is 19.8 Å². The Morgan fingerprint density at radius 1 is 1.65 bits per heavy atom. The molecule has 92 valence electrons. The fourth-order valence-electron chi connectivity index (χ4n) is 2.11. The number of piperidine rings is 1. The van der Waals surface area contributed by atoms with Crippen LogP contribution in [0.5, 0.6) is 0 Å². The van der Waals surface area contributed by atoms with E-state index in [-0.39, 0.29) is 11.5 Å². The predicted octanol–water partition coefficient (Wildman–Crippen LogP) is 0.379. The number of nitrogens with one attached hydrogen (secondary N) is 1. The van der Waals surface area contributed by atoms with E-state index in [0.29, 0.717) is 24.6 Å². The predicted molar refractivity (Wildman–Crippen MR) is 62.2 cm³/mol. The van der Waals surface area contributed by atoms with Crippen LogP contribution < -0.4 is 10.5 Å². The number of aliphatic carboxylic acids is 1. The minimum Gasteiger partial charge on any atom is -0.481 e. The molecular formula is C11H15N3O3. The molecule has 0 unspecified atom stereocenters. The highest BCUT2D eigenvalue weighted by atomic mass is 16.4. The normalized spacial score (nSPS) is 20.3. The zero-order valence-corrected chi connectivity index (χ0v) is 9.64. The van der Waals surface area contributed by atoms with Crippen LogP contribution in [-0.4, -0.2) is 34.1 Å². The zero-order valence-electron chi connectivity index (χ0n) is 9.64. The first-order valence-electron chi connectivity index (χ1n) is 5.62. The lowest BCUT2D eigenvalue weighted by Crippen LogP contribution is -2.39. The summed E-state index contributed by atoms with van der Waals surface area (Å²) in [5.74, 6) is -0.0384. The fraction of sp³-hybridized carbons (Fsp3) is 0.545. The average Bonchev–Trinajstić information content (AvgIpc) is 2.28. The van der Waals surface area contributed by atoms with Crippen molar-refractivity contribution in [1.29, 1.82) is 0 Å². The molecule has 2 N–H and O–H groups in total. The molecule has 1 aliphatic rings. The second-order valence-electron chi connectivity index (χ2n) is 4.31. The molecule has 0 bridgehead atoms. The second kappa shape index (κ2) is 4.57. The SMILES string of the molecule is Cc1nc(N2CCC[C@H](C(=O)O)C2)cc(=O)[nH]1. The summed E-state index contributed by atoms with van der Waals surface area (Å²) in [5, 5.41) is 9.00. The Balaban J connectivity index is 2.21. The van der Waals surface area contributed by atoms with E-state index in [1.165, 1.54) is 6.07 Å².